The van der Waals surface area contributed by atoms with Gasteiger partial charge in [0.2, 0.25) is 5.91 Å². The maximum absolute atomic E-state index is 12.2. The lowest BCUT2D eigenvalue weighted by atomic mass is 9.83. The lowest BCUT2D eigenvalue weighted by Gasteiger charge is -2.18. The molecule has 0 fully saturated rings. The Hall–Kier alpha value is -1.35. The van der Waals surface area contributed by atoms with E-state index in [4.69, 9.17) is 0 Å². The van der Waals surface area contributed by atoms with E-state index in [1.807, 2.05) is 33.0 Å². The van der Waals surface area contributed by atoms with Gasteiger partial charge in [0, 0.05) is 25.3 Å². The topological polar surface area (TPSA) is 40.5 Å². The fourth-order valence-corrected chi connectivity index (χ4v) is 2.71. The van der Waals surface area contributed by atoms with Crippen LogP contribution in [-0.4, -0.2) is 24.7 Å². The summed E-state index contributed by atoms with van der Waals surface area (Å²) < 4.78 is 0. The van der Waals surface area contributed by atoms with Gasteiger partial charge in [-0.05, 0) is 37.5 Å². The predicted octanol–water partition coefficient (Wildman–Crippen LogP) is 2.43. The second-order valence-corrected chi connectivity index (χ2v) is 5.55. The standard InChI is InChI=1S/C15H21NO2/c1-5-10(9-17)11-6-7-13-12(8-11)15(2,3)14(18)16(13)4/h6-8,10,17H,5,9H2,1-4H3. The number of benzene rings is 1. The minimum absolute atomic E-state index is 0.131. The first kappa shape index (κ1) is 13.1. The van der Waals surface area contributed by atoms with Crippen LogP contribution in [0.4, 0.5) is 5.69 Å². The first-order chi connectivity index (χ1) is 8.43. The van der Waals surface area contributed by atoms with Crippen molar-refractivity contribution in [2.45, 2.75) is 38.5 Å². The summed E-state index contributed by atoms with van der Waals surface area (Å²) in [6.45, 7) is 6.14. The van der Waals surface area contributed by atoms with E-state index >= 15 is 0 Å². The van der Waals surface area contributed by atoms with Gasteiger partial charge in [-0.15, -0.1) is 0 Å². The number of amides is 1. The second-order valence-electron chi connectivity index (χ2n) is 5.55. The zero-order valence-electron chi connectivity index (χ0n) is 11.5. The van der Waals surface area contributed by atoms with Gasteiger partial charge in [-0.1, -0.05) is 19.1 Å². The summed E-state index contributed by atoms with van der Waals surface area (Å²) in [5, 5.41) is 9.38. The van der Waals surface area contributed by atoms with Crippen LogP contribution in [0, 0.1) is 0 Å². The molecule has 1 atom stereocenters. The lowest BCUT2D eigenvalue weighted by Crippen LogP contribution is -2.33. The van der Waals surface area contributed by atoms with Crippen LogP contribution in [0.25, 0.3) is 0 Å². The van der Waals surface area contributed by atoms with Gasteiger partial charge in [0.1, 0.15) is 0 Å². The van der Waals surface area contributed by atoms with Crippen molar-refractivity contribution < 1.29 is 9.90 Å². The highest BCUT2D eigenvalue weighted by atomic mass is 16.3. The zero-order valence-corrected chi connectivity index (χ0v) is 11.5. The highest BCUT2D eigenvalue weighted by Crippen LogP contribution is 2.42. The van der Waals surface area contributed by atoms with Crippen LogP contribution in [0.1, 0.15) is 44.2 Å². The highest BCUT2D eigenvalue weighted by Gasteiger charge is 2.42. The molecule has 0 saturated carbocycles. The van der Waals surface area contributed by atoms with Crippen molar-refractivity contribution in [3.8, 4) is 0 Å². The maximum atomic E-state index is 12.2. The summed E-state index contributed by atoms with van der Waals surface area (Å²) in [6.07, 6.45) is 0.902. The molecule has 0 aliphatic carbocycles. The lowest BCUT2D eigenvalue weighted by molar-refractivity contribution is -0.121. The van der Waals surface area contributed by atoms with E-state index in [2.05, 4.69) is 13.0 Å². The number of carbonyl (C=O) groups is 1. The van der Waals surface area contributed by atoms with Crippen molar-refractivity contribution in [3.05, 3.63) is 29.3 Å². The van der Waals surface area contributed by atoms with E-state index in [-0.39, 0.29) is 18.4 Å². The SMILES string of the molecule is CCC(CO)c1ccc2c(c1)C(C)(C)C(=O)N2C. The Balaban J connectivity index is 2.51. The van der Waals surface area contributed by atoms with Crippen molar-refractivity contribution in [1.29, 1.82) is 0 Å². The fraction of sp³-hybridized carbons (Fsp3) is 0.533. The van der Waals surface area contributed by atoms with Crippen LogP contribution in [0.2, 0.25) is 0 Å². The highest BCUT2D eigenvalue weighted by molar-refractivity contribution is 6.07. The minimum atomic E-state index is -0.464. The molecule has 1 aromatic carbocycles. The molecule has 1 aliphatic heterocycles. The van der Waals surface area contributed by atoms with E-state index in [0.717, 1.165) is 23.2 Å². The van der Waals surface area contributed by atoms with Gasteiger partial charge in [-0.3, -0.25) is 4.79 Å². The number of rotatable bonds is 3. The quantitative estimate of drug-likeness (QED) is 0.891. The summed E-state index contributed by atoms with van der Waals surface area (Å²) in [5.74, 6) is 0.291. The molecule has 1 aliphatic rings. The van der Waals surface area contributed by atoms with Crippen LogP contribution in [0.5, 0.6) is 0 Å². The van der Waals surface area contributed by atoms with Gasteiger partial charge in [-0.2, -0.15) is 0 Å². The number of anilines is 1. The van der Waals surface area contributed by atoms with Crippen molar-refractivity contribution in [3.63, 3.8) is 0 Å². The summed E-state index contributed by atoms with van der Waals surface area (Å²) >= 11 is 0. The minimum Gasteiger partial charge on any atom is -0.396 e. The van der Waals surface area contributed by atoms with Crippen LogP contribution in [-0.2, 0) is 10.2 Å². The Kier molecular flexibility index (Phi) is 3.20. The molecule has 0 bridgehead atoms. The first-order valence-corrected chi connectivity index (χ1v) is 6.47. The fourth-order valence-electron chi connectivity index (χ4n) is 2.71. The molecule has 3 nitrogen and oxygen atoms in total. The van der Waals surface area contributed by atoms with Gasteiger partial charge < -0.3 is 10.0 Å². The van der Waals surface area contributed by atoms with E-state index in [0.29, 0.717) is 0 Å². The predicted molar refractivity (Wildman–Crippen MR) is 73.0 cm³/mol. The Morgan fingerprint density at radius 2 is 2.06 bits per heavy atom. The Morgan fingerprint density at radius 3 is 2.61 bits per heavy atom. The number of nitrogens with zero attached hydrogens (tertiary/aromatic N) is 1. The number of hydrogen-bond donors (Lipinski definition) is 1. The number of likely N-dealkylation sites (N-methyl/N-ethyl adjacent to an activating group) is 1. The summed E-state index contributed by atoms with van der Waals surface area (Å²) in [6, 6.07) is 6.10. The molecule has 18 heavy (non-hydrogen) atoms. The Bertz CT molecular complexity index is 475. The molecule has 0 saturated heterocycles. The number of fused-ring (bicyclic) bond motifs is 1. The van der Waals surface area contributed by atoms with E-state index in [9.17, 15) is 9.90 Å². The van der Waals surface area contributed by atoms with Gasteiger partial charge in [0.25, 0.3) is 0 Å². The van der Waals surface area contributed by atoms with Crippen LogP contribution < -0.4 is 4.90 Å². The molecule has 0 radical (unpaired) electrons. The van der Waals surface area contributed by atoms with E-state index < -0.39 is 5.41 Å². The molecular weight excluding hydrogens is 226 g/mol. The Labute approximate surface area is 108 Å². The third kappa shape index (κ3) is 1.74. The second kappa shape index (κ2) is 4.39. The average molecular weight is 247 g/mol. The molecule has 1 amide bonds. The molecule has 3 heteroatoms. The maximum Gasteiger partial charge on any atom is 0.236 e. The largest absolute Gasteiger partial charge is 0.396 e. The Morgan fingerprint density at radius 1 is 1.39 bits per heavy atom. The van der Waals surface area contributed by atoms with Gasteiger partial charge >= 0.3 is 0 Å². The van der Waals surface area contributed by atoms with Crippen molar-refractivity contribution in [2.75, 3.05) is 18.6 Å². The first-order valence-electron chi connectivity index (χ1n) is 6.47. The van der Waals surface area contributed by atoms with E-state index in [1.165, 1.54) is 0 Å². The molecule has 0 aromatic heterocycles. The third-order valence-electron chi connectivity index (χ3n) is 4.08. The zero-order chi connectivity index (χ0) is 13.5. The molecule has 0 spiro atoms. The molecule has 2 rings (SSSR count). The molecule has 1 aromatic rings. The average Bonchev–Trinajstić information content (AvgIpc) is 2.53. The van der Waals surface area contributed by atoms with Crippen LogP contribution >= 0.6 is 0 Å². The van der Waals surface area contributed by atoms with Gasteiger partial charge in [0.05, 0.1) is 5.41 Å². The summed E-state index contributed by atoms with van der Waals surface area (Å²) in [7, 11) is 1.82. The monoisotopic (exact) mass is 247 g/mol. The number of aliphatic hydroxyl groups is 1. The molecule has 1 unspecified atom stereocenters. The summed E-state index contributed by atoms with van der Waals surface area (Å²) in [4.78, 5) is 13.9. The molecule has 1 N–H and O–H groups in total. The summed E-state index contributed by atoms with van der Waals surface area (Å²) in [5.41, 5.74) is 2.71. The van der Waals surface area contributed by atoms with Crippen molar-refractivity contribution in [1.82, 2.24) is 0 Å². The molecule has 98 valence electrons. The number of hydrogen-bond acceptors (Lipinski definition) is 2. The van der Waals surface area contributed by atoms with Crippen molar-refractivity contribution >= 4 is 11.6 Å². The van der Waals surface area contributed by atoms with Crippen molar-refractivity contribution in [2.24, 2.45) is 0 Å². The number of aliphatic hydroxyl groups excluding tert-OH is 1. The van der Waals surface area contributed by atoms with Gasteiger partial charge in [-0.25, -0.2) is 0 Å². The smallest absolute Gasteiger partial charge is 0.236 e. The van der Waals surface area contributed by atoms with Crippen LogP contribution in [0.15, 0.2) is 18.2 Å². The van der Waals surface area contributed by atoms with Crippen LogP contribution in [0.3, 0.4) is 0 Å². The number of carbonyl (C=O) groups excluding carboxylic acids is 1. The third-order valence-corrected chi connectivity index (χ3v) is 4.08. The van der Waals surface area contributed by atoms with Gasteiger partial charge in [0.15, 0.2) is 0 Å². The normalized spacial score (nSPS) is 18.9. The molecule has 1 heterocycles. The van der Waals surface area contributed by atoms with E-state index in [1.54, 1.807) is 4.90 Å². The molecular formula is C15H21NO2.